The number of rotatable bonds is 4. The van der Waals surface area contributed by atoms with Crippen molar-refractivity contribution in [2.75, 3.05) is 31.1 Å². The van der Waals surface area contributed by atoms with Crippen LogP contribution in [0.3, 0.4) is 0 Å². The molecule has 10 heteroatoms. The predicted octanol–water partition coefficient (Wildman–Crippen LogP) is 3.76. The molecule has 0 radical (unpaired) electrons. The molecule has 2 saturated heterocycles. The molecule has 1 amide bonds. The van der Waals surface area contributed by atoms with Gasteiger partial charge in [-0.15, -0.1) is 10.2 Å². The van der Waals surface area contributed by atoms with Crippen LogP contribution in [0, 0.1) is 34.9 Å². The lowest BCUT2D eigenvalue weighted by molar-refractivity contribution is -0.152. The molecule has 2 aliphatic rings. The van der Waals surface area contributed by atoms with E-state index >= 15 is 0 Å². The molecule has 5 rings (SSSR count). The minimum atomic E-state index is -1.10. The number of anilines is 1. The second kappa shape index (κ2) is 10.3. The summed E-state index contributed by atoms with van der Waals surface area (Å²) < 4.78 is 13.6. The molecule has 2 fully saturated rings. The summed E-state index contributed by atoms with van der Waals surface area (Å²) in [5.74, 6) is -1.10. The Morgan fingerprint density at radius 3 is 2.34 bits per heavy atom. The summed E-state index contributed by atoms with van der Waals surface area (Å²) in [4.78, 5) is 22.1. The molecule has 0 saturated carbocycles. The third-order valence-corrected chi connectivity index (χ3v) is 8.22. The topological polar surface area (TPSA) is 106 Å². The molecule has 2 aliphatic heterocycles. The van der Waals surface area contributed by atoms with Crippen LogP contribution in [0.4, 0.5) is 10.2 Å². The van der Waals surface area contributed by atoms with Crippen molar-refractivity contribution < 1.29 is 14.3 Å². The van der Waals surface area contributed by atoms with E-state index in [1.165, 1.54) is 12.3 Å². The normalized spacial score (nSPS) is 24.7. The molecular formula is C28H28ClFN6O2. The number of aliphatic hydroxyl groups is 1. The zero-order chi connectivity index (χ0) is 27.0. The fourth-order valence-corrected chi connectivity index (χ4v) is 6.03. The summed E-state index contributed by atoms with van der Waals surface area (Å²) in [5, 5.41) is 29.5. The van der Waals surface area contributed by atoms with Gasteiger partial charge in [0.15, 0.2) is 11.5 Å². The van der Waals surface area contributed by atoms with E-state index < -0.39 is 17.3 Å². The first-order chi connectivity index (χ1) is 18.2. The van der Waals surface area contributed by atoms with Crippen molar-refractivity contribution in [2.24, 2.45) is 17.8 Å². The van der Waals surface area contributed by atoms with E-state index in [1.54, 1.807) is 30.3 Å². The van der Waals surface area contributed by atoms with Gasteiger partial charge in [-0.3, -0.25) is 9.78 Å². The maximum atomic E-state index is 14.0. The second-order valence-corrected chi connectivity index (χ2v) is 10.7. The van der Waals surface area contributed by atoms with Crippen molar-refractivity contribution >= 4 is 23.3 Å². The molecule has 8 nitrogen and oxygen atoms in total. The summed E-state index contributed by atoms with van der Waals surface area (Å²) in [6.07, 6.45) is 1.17. The van der Waals surface area contributed by atoms with Crippen LogP contribution >= 0.6 is 11.6 Å². The molecule has 3 aromatic rings. The largest absolute Gasteiger partial charge is 0.384 e. The minimum Gasteiger partial charge on any atom is -0.384 e. The van der Waals surface area contributed by atoms with E-state index in [2.05, 4.69) is 15.2 Å². The van der Waals surface area contributed by atoms with E-state index in [0.717, 1.165) is 5.56 Å². The Labute approximate surface area is 225 Å². The van der Waals surface area contributed by atoms with Gasteiger partial charge in [-0.25, -0.2) is 4.39 Å². The monoisotopic (exact) mass is 534 g/mol. The fourth-order valence-electron chi connectivity index (χ4n) is 5.90. The lowest BCUT2D eigenvalue weighted by Crippen LogP contribution is -2.57. The average Bonchev–Trinajstić information content (AvgIpc) is 3.37. The number of nitriles is 1. The summed E-state index contributed by atoms with van der Waals surface area (Å²) in [5.41, 5.74) is 0.527. The van der Waals surface area contributed by atoms with Crippen LogP contribution in [0.1, 0.15) is 36.7 Å². The number of carbonyl (C=O) groups excluding carboxylic acids is 1. The lowest BCUT2D eigenvalue weighted by atomic mass is 9.70. The van der Waals surface area contributed by atoms with Crippen LogP contribution in [0.25, 0.3) is 0 Å². The number of nitrogens with zero attached hydrogens (tertiary/aromatic N) is 6. The molecule has 2 aromatic heterocycles. The Hall–Kier alpha value is -3.61. The van der Waals surface area contributed by atoms with Crippen molar-refractivity contribution in [3.63, 3.8) is 0 Å². The molecule has 196 valence electrons. The summed E-state index contributed by atoms with van der Waals surface area (Å²) in [6, 6.07) is 15.5. The summed E-state index contributed by atoms with van der Waals surface area (Å²) >= 11 is 6.06. The fraction of sp³-hybridized carbons (Fsp3) is 0.393. The van der Waals surface area contributed by atoms with Crippen molar-refractivity contribution in [3.8, 4) is 6.07 Å². The number of likely N-dealkylation sites (tertiary alicyclic amines) is 1. The van der Waals surface area contributed by atoms with Crippen LogP contribution in [0.5, 0.6) is 0 Å². The van der Waals surface area contributed by atoms with Gasteiger partial charge in [0.1, 0.15) is 11.9 Å². The van der Waals surface area contributed by atoms with Crippen LogP contribution < -0.4 is 4.90 Å². The maximum absolute atomic E-state index is 14.0. The highest BCUT2D eigenvalue weighted by molar-refractivity contribution is 6.30. The predicted molar refractivity (Wildman–Crippen MR) is 140 cm³/mol. The first kappa shape index (κ1) is 26.0. The number of amides is 1. The summed E-state index contributed by atoms with van der Waals surface area (Å²) in [7, 11) is 0. The molecule has 1 N–H and O–H groups in total. The highest BCUT2D eigenvalue weighted by Crippen LogP contribution is 2.43. The Morgan fingerprint density at radius 1 is 1.05 bits per heavy atom. The molecule has 0 bridgehead atoms. The van der Waals surface area contributed by atoms with Gasteiger partial charge in [-0.2, -0.15) is 5.26 Å². The van der Waals surface area contributed by atoms with Crippen LogP contribution in [0.2, 0.25) is 5.02 Å². The number of pyridine rings is 1. The standard InChI is InChI=1S/C28H28ClFN6O2/c1-17-13-36(14-18(2)28(17,38)19-3-5-20(29)6-4-19)27(37)24-16-35(26-10-8-22(11-31)33-34-26)15-23(24)25-9-7-21(30)12-32-25/h3-10,12,17-18,23-24,38H,13-16H2,1-2H3/t17-,18-,23+,24+/m0/s1. The zero-order valence-corrected chi connectivity index (χ0v) is 21.9. The molecule has 0 spiro atoms. The van der Waals surface area contributed by atoms with Crippen LogP contribution in [0.15, 0.2) is 54.7 Å². The molecule has 38 heavy (non-hydrogen) atoms. The minimum absolute atomic E-state index is 0.0397. The number of carbonyl (C=O) groups is 1. The van der Waals surface area contributed by atoms with Crippen molar-refractivity contribution in [1.29, 1.82) is 5.26 Å². The number of aromatic nitrogens is 3. The van der Waals surface area contributed by atoms with Gasteiger partial charge in [0.25, 0.3) is 0 Å². The molecule has 1 aromatic carbocycles. The second-order valence-electron chi connectivity index (χ2n) is 10.3. The smallest absolute Gasteiger partial charge is 0.228 e. The zero-order valence-electron chi connectivity index (χ0n) is 21.1. The van der Waals surface area contributed by atoms with E-state index in [9.17, 15) is 14.3 Å². The van der Waals surface area contributed by atoms with Gasteiger partial charge < -0.3 is 14.9 Å². The van der Waals surface area contributed by atoms with Crippen molar-refractivity contribution in [2.45, 2.75) is 25.4 Å². The van der Waals surface area contributed by atoms with E-state index in [0.29, 0.717) is 42.7 Å². The van der Waals surface area contributed by atoms with Gasteiger partial charge >= 0.3 is 0 Å². The third kappa shape index (κ3) is 4.70. The summed E-state index contributed by atoms with van der Waals surface area (Å²) in [6.45, 7) is 5.51. The SMILES string of the molecule is C[C@H]1CN(C(=O)[C@@H]2CN(c3ccc(C#N)nn3)C[C@H]2c2ccc(F)cn2)C[C@H](C)C1(O)c1ccc(Cl)cc1. The van der Waals surface area contributed by atoms with Crippen molar-refractivity contribution in [1.82, 2.24) is 20.1 Å². The van der Waals surface area contributed by atoms with Gasteiger partial charge in [0, 0.05) is 54.6 Å². The maximum Gasteiger partial charge on any atom is 0.228 e. The van der Waals surface area contributed by atoms with E-state index in [-0.39, 0.29) is 29.4 Å². The third-order valence-electron chi connectivity index (χ3n) is 7.97. The van der Waals surface area contributed by atoms with Gasteiger partial charge in [-0.1, -0.05) is 37.6 Å². The number of hydrogen-bond donors (Lipinski definition) is 1. The Kier molecular flexibility index (Phi) is 7.03. The molecule has 4 heterocycles. The highest BCUT2D eigenvalue weighted by Gasteiger charge is 2.49. The van der Waals surface area contributed by atoms with E-state index in [4.69, 9.17) is 16.9 Å². The lowest BCUT2D eigenvalue weighted by Gasteiger charge is -2.48. The number of hydrogen-bond acceptors (Lipinski definition) is 7. The average molecular weight is 535 g/mol. The molecule has 0 unspecified atom stereocenters. The highest BCUT2D eigenvalue weighted by atomic mass is 35.5. The quantitative estimate of drug-likeness (QED) is 0.543. The molecular weight excluding hydrogens is 507 g/mol. The van der Waals surface area contributed by atoms with Crippen molar-refractivity contribution in [3.05, 3.63) is 82.5 Å². The number of halogens is 2. The molecule has 4 atom stereocenters. The van der Waals surface area contributed by atoms with Gasteiger partial charge in [0.05, 0.1) is 17.7 Å². The van der Waals surface area contributed by atoms with Gasteiger partial charge in [0.2, 0.25) is 5.91 Å². The van der Waals surface area contributed by atoms with Crippen LogP contribution in [-0.2, 0) is 10.4 Å². The number of piperidine rings is 1. The Balaban J connectivity index is 1.40. The van der Waals surface area contributed by atoms with Crippen LogP contribution in [-0.4, -0.2) is 57.3 Å². The Morgan fingerprint density at radius 2 is 1.76 bits per heavy atom. The molecule has 0 aliphatic carbocycles. The van der Waals surface area contributed by atoms with Gasteiger partial charge in [-0.05, 0) is 42.0 Å². The Bertz CT molecular complexity index is 1330. The van der Waals surface area contributed by atoms with E-state index in [1.807, 2.05) is 41.8 Å². The number of benzene rings is 1. The first-order valence-electron chi connectivity index (χ1n) is 12.6. The first-order valence-corrected chi connectivity index (χ1v) is 13.0.